The van der Waals surface area contributed by atoms with E-state index in [0.717, 1.165) is 9.32 Å². The lowest BCUT2D eigenvalue weighted by molar-refractivity contribution is 0.0697. The Morgan fingerprint density at radius 1 is 1.62 bits per heavy atom. The number of carbonyl (C=O) groups is 1. The highest BCUT2D eigenvalue weighted by Crippen LogP contribution is 2.21. The van der Waals surface area contributed by atoms with E-state index in [9.17, 15) is 4.79 Å². The van der Waals surface area contributed by atoms with E-state index in [4.69, 9.17) is 9.84 Å². The first kappa shape index (κ1) is 10.3. The smallest absolute Gasteiger partial charge is 0.335 e. The molecule has 0 amide bonds. The number of hydrogen-bond donors (Lipinski definition) is 1. The molecule has 0 aliphatic carbocycles. The minimum absolute atomic E-state index is 0.285. The Bertz CT molecular complexity index is 323. The van der Waals surface area contributed by atoms with E-state index in [1.807, 2.05) is 6.92 Å². The molecular formula is C9H9IO3. The van der Waals surface area contributed by atoms with Crippen molar-refractivity contribution < 1.29 is 14.6 Å². The van der Waals surface area contributed by atoms with Crippen LogP contribution < -0.4 is 4.74 Å². The number of carboxylic acids is 1. The van der Waals surface area contributed by atoms with Crippen LogP contribution in [0, 0.1) is 3.57 Å². The van der Waals surface area contributed by atoms with Crippen molar-refractivity contribution in [3.05, 3.63) is 27.3 Å². The molecule has 3 nitrogen and oxygen atoms in total. The topological polar surface area (TPSA) is 46.5 Å². The molecule has 0 fully saturated rings. The Kier molecular flexibility index (Phi) is 3.53. The summed E-state index contributed by atoms with van der Waals surface area (Å²) in [5.74, 6) is -0.186. The number of carboxylic acid groups (broad SMARTS) is 1. The molecule has 1 N–H and O–H groups in total. The summed E-state index contributed by atoms with van der Waals surface area (Å²) >= 11 is 2.05. The van der Waals surface area contributed by atoms with Crippen LogP contribution in [0.15, 0.2) is 18.2 Å². The molecule has 70 valence electrons. The van der Waals surface area contributed by atoms with Crippen LogP contribution >= 0.6 is 22.6 Å². The maximum atomic E-state index is 10.6. The molecule has 0 saturated heterocycles. The summed E-state index contributed by atoms with van der Waals surface area (Å²) in [7, 11) is 0. The molecule has 1 aromatic rings. The third-order valence-corrected chi connectivity index (χ3v) is 2.32. The minimum atomic E-state index is -0.916. The fourth-order valence-corrected chi connectivity index (χ4v) is 1.58. The van der Waals surface area contributed by atoms with Gasteiger partial charge in [-0.25, -0.2) is 4.79 Å². The van der Waals surface area contributed by atoms with Crippen molar-refractivity contribution in [2.24, 2.45) is 0 Å². The molecule has 0 unspecified atom stereocenters. The van der Waals surface area contributed by atoms with Gasteiger partial charge in [-0.15, -0.1) is 0 Å². The molecule has 0 heterocycles. The van der Waals surface area contributed by atoms with Gasteiger partial charge in [0, 0.05) is 0 Å². The Morgan fingerprint density at radius 2 is 2.31 bits per heavy atom. The van der Waals surface area contributed by atoms with Gasteiger partial charge in [-0.2, -0.15) is 0 Å². The summed E-state index contributed by atoms with van der Waals surface area (Å²) in [6.07, 6.45) is 0. The van der Waals surface area contributed by atoms with Crippen LogP contribution in [-0.4, -0.2) is 17.7 Å². The average Bonchev–Trinajstić information content (AvgIpc) is 2.08. The van der Waals surface area contributed by atoms with E-state index < -0.39 is 5.97 Å². The van der Waals surface area contributed by atoms with Crippen molar-refractivity contribution in [3.8, 4) is 5.75 Å². The first-order chi connectivity index (χ1) is 6.15. The predicted octanol–water partition coefficient (Wildman–Crippen LogP) is 2.39. The quantitative estimate of drug-likeness (QED) is 0.870. The summed E-state index contributed by atoms with van der Waals surface area (Å²) in [6.45, 7) is 2.48. The highest BCUT2D eigenvalue weighted by atomic mass is 127. The molecule has 1 aromatic carbocycles. The van der Waals surface area contributed by atoms with Crippen LogP contribution in [0.1, 0.15) is 17.3 Å². The third kappa shape index (κ3) is 2.58. The molecule has 0 aromatic heterocycles. The molecule has 0 aliphatic heterocycles. The SMILES string of the molecule is CCOc1ccc(C(=O)O)cc1I. The second kappa shape index (κ2) is 4.45. The zero-order valence-electron chi connectivity index (χ0n) is 7.08. The van der Waals surface area contributed by atoms with Crippen LogP contribution in [0.25, 0.3) is 0 Å². The number of aromatic carboxylic acids is 1. The van der Waals surface area contributed by atoms with Crippen LogP contribution in [0.3, 0.4) is 0 Å². The van der Waals surface area contributed by atoms with E-state index in [0.29, 0.717) is 6.61 Å². The van der Waals surface area contributed by atoms with Crippen molar-refractivity contribution in [2.45, 2.75) is 6.92 Å². The van der Waals surface area contributed by atoms with E-state index in [2.05, 4.69) is 22.6 Å². The monoisotopic (exact) mass is 292 g/mol. The summed E-state index contributed by atoms with van der Waals surface area (Å²) in [5, 5.41) is 8.69. The van der Waals surface area contributed by atoms with Gasteiger partial charge < -0.3 is 9.84 Å². The number of benzene rings is 1. The van der Waals surface area contributed by atoms with Gasteiger partial charge in [0.05, 0.1) is 15.7 Å². The molecule has 0 bridgehead atoms. The van der Waals surface area contributed by atoms with Crippen LogP contribution in [0.4, 0.5) is 0 Å². The van der Waals surface area contributed by atoms with Gasteiger partial charge in [-0.3, -0.25) is 0 Å². The van der Waals surface area contributed by atoms with Crippen LogP contribution in [0.2, 0.25) is 0 Å². The van der Waals surface area contributed by atoms with Crippen molar-refractivity contribution in [1.29, 1.82) is 0 Å². The Labute approximate surface area is 89.9 Å². The van der Waals surface area contributed by atoms with Gasteiger partial charge in [-0.05, 0) is 47.7 Å². The first-order valence-corrected chi connectivity index (χ1v) is 4.88. The van der Waals surface area contributed by atoms with Crippen molar-refractivity contribution in [2.75, 3.05) is 6.61 Å². The van der Waals surface area contributed by atoms with Gasteiger partial charge in [0.1, 0.15) is 5.75 Å². The van der Waals surface area contributed by atoms with E-state index >= 15 is 0 Å². The summed E-state index contributed by atoms with van der Waals surface area (Å²) in [5.41, 5.74) is 0.285. The molecule has 0 spiro atoms. The highest BCUT2D eigenvalue weighted by molar-refractivity contribution is 14.1. The zero-order valence-corrected chi connectivity index (χ0v) is 9.24. The molecule has 4 heteroatoms. The molecule has 0 radical (unpaired) electrons. The summed E-state index contributed by atoms with van der Waals surface area (Å²) in [4.78, 5) is 10.6. The van der Waals surface area contributed by atoms with E-state index in [1.54, 1.807) is 12.1 Å². The van der Waals surface area contributed by atoms with E-state index in [-0.39, 0.29) is 5.56 Å². The Balaban J connectivity index is 2.98. The number of halogens is 1. The number of ether oxygens (including phenoxy) is 1. The Hall–Kier alpha value is -0.780. The van der Waals surface area contributed by atoms with Gasteiger partial charge in [-0.1, -0.05) is 0 Å². The van der Waals surface area contributed by atoms with Gasteiger partial charge in [0.15, 0.2) is 0 Å². The molecular weight excluding hydrogens is 283 g/mol. The van der Waals surface area contributed by atoms with Crippen molar-refractivity contribution in [3.63, 3.8) is 0 Å². The fraction of sp³-hybridized carbons (Fsp3) is 0.222. The van der Waals surface area contributed by atoms with Gasteiger partial charge >= 0.3 is 5.97 Å². The summed E-state index contributed by atoms with van der Waals surface area (Å²) in [6, 6.07) is 4.80. The minimum Gasteiger partial charge on any atom is -0.493 e. The number of hydrogen-bond acceptors (Lipinski definition) is 2. The first-order valence-electron chi connectivity index (χ1n) is 3.80. The maximum Gasteiger partial charge on any atom is 0.335 e. The predicted molar refractivity (Wildman–Crippen MR) is 57.3 cm³/mol. The zero-order chi connectivity index (χ0) is 9.84. The lowest BCUT2D eigenvalue weighted by Crippen LogP contribution is -1.99. The number of rotatable bonds is 3. The van der Waals surface area contributed by atoms with Crippen LogP contribution in [-0.2, 0) is 0 Å². The lowest BCUT2D eigenvalue weighted by Gasteiger charge is -2.05. The molecule has 0 saturated carbocycles. The van der Waals surface area contributed by atoms with Gasteiger partial charge in [0.2, 0.25) is 0 Å². The largest absolute Gasteiger partial charge is 0.493 e. The second-order valence-electron chi connectivity index (χ2n) is 2.38. The van der Waals surface area contributed by atoms with Crippen molar-refractivity contribution >= 4 is 28.6 Å². The molecule has 13 heavy (non-hydrogen) atoms. The fourth-order valence-electron chi connectivity index (χ4n) is 0.906. The second-order valence-corrected chi connectivity index (χ2v) is 3.55. The van der Waals surface area contributed by atoms with Crippen LogP contribution in [0.5, 0.6) is 5.75 Å². The molecule has 0 atom stereocenters. The van der Waals surface area contributed by atoms with Crippen molar-refractivity contribution in [1.82, 2.24) is 0 Å². The highest BCUT2D eigenvalue weighted by Gasteiger charge is 2.06. The van der Waals surface area contributed by atoms with E-state index in [1.165, 1.54) is 6.07 Å². The maximum absolute atomic E-state index is 10.6. The normalized spacial score (nSPS) is 9.69. The average molecular weight is 292 g/mol. The standard InChI is InChI=1S/C9H9IO3/c1-2-13-8-4-3-6(9(11)12)5-7(8)10/h3-5H,2H2,1H3,(H,11,12). The third-order valence-electron chi connectivity index (χ3n) is 1.48. The summed E-state index contributed by atoms with van der Waals surface area (Å²) < 4.78 is 6.09. The van der Waals surface area contributed by atoms with Gasteiger partial charge in [0.25, 0.3) is 0 Å². The lowest BCUT2D eigenvalue weighted by atomic mass is 10.2. The molecule has 0 aliphatic rings. The Morgan fingerprint density at radius 3 is 2.77 bits per heavy atom. The molecule has 1 rings (SSSR count).